The Morgan fingerprint density at radius 1 is 0.554 bits per heavy atom. The number of allylic oxidation sites excluding steroid dienone is 1. The number of unbranched alkanes of at least 4 members (excludes halogenated alkanes) is 25. The summed E-state index contributed by atoms with van der Waals surface area (Å²) >= 11 is 0. The van der Waals surface area contributed by atoms with Crippen LogP contribution in [0.4, 0.5) is 0 Å². The number of carbonyl (C=O) groups is 3. The largest absolute Gasteiger partial charge is 0.466 e. The highest BCUT2D eigenvalue weighted by molar-refractivity contribution is 5.88. The van der Waals surface area contributed by atoms with E-state index in [2.05, 4.69) is 46.1 Å². The van der Waals surface area contributed by atoms with Gasteiger partial charge in [-0.1, -0.05) is 210 Å². The van der Waals surface area contributed by atoms with Crippen molar-refractivity contribution in [3.63, 3.8) is 0 Å². The molecule has 388 valence electrons. The van der Waals surface area contributed by atoms with E-state index in [4.69, 9.17) is 14.2 Å². The first-order chi connectivity index (χ1) is 31.3. The minimum absolute atomic E-state index is 0. The van der Waals surface area contributed by atoms with Crippen LogP contribution in [0.25, 0.3) is 0 Å². The summed E-state index contributed by atoms with van der Waals surface area (Å²) in [5, 5.41) is 0. The summed E-state index contributed by atoms with van der Waals surface area (Å²) in [6, 6.07) is 0.501. The van der Waals surface area contributed by atoms with Crippen LogP contribution in [0, 0.1) is 5.92 Å². The second kappa shape index (κ2) is 54.9. The molecule has 7 nitrogen and oxygen atoms in total. The lowest BCUT2D eigenvalue weighted by molar-refractivity contribution is -0.150. The Morgan fingerprint density at radius 2 is 0.969 bits per heavy atom. The first-order valence-electron chi connectivity index (χ1n) is 28.1. The molecular formula is C58H115NO6. The zero-order valence-electron chi connectivity index (χ0n) is 44.1. The maximum atomic E-state index is 12.7. The van der Waals surface area contributed by atoms with Gasteiger partial charge in [0.1, 0.15) is 6.10 Å². The van der Waals surface area contributed by atoms with Gasteiger partial charge in [0, 0.05) is 38.5 Å². The number of likely N-dealkylation sites (tertiary alicyclic amines) is 1. The summed E-state index contributed by atoms with van der Waals surface area (Å²) in [6.45, 7) is 23.1. The minimum Gasteiger partial charge on any atom is -0.466 e. The monoisotopic (exact) mass is 922 g/mol. The van der Waals surface area contributed by atoms with Crippen molar-refractivity contribution >= 4 is 17.7 Å². The molecule has 65 heavy (non-hydrogen) atoms. The average Bonchev–Trinajstić information content (AvgIpc) is 3.66. The Labute approximate surface area is 406 Å². The van der Waals surface area contributed by atoms with E-state index in [1.165, 1.54) is 147 Å². The van der Waals surface area contributed by atoms with E-state index in [9.17, 15) is 14.4 Å². The lowest BCUT2D eigenvalue weighted by Crippen LogP contribution is -2.34. The number of hydrogen-bond donors (Lipinski definition) is 0. The van der Waals surface area contributed by atoms with Gasteiger partial charge >= 0.3 is 11.9 Å². The van der Waals surface area contributed by atoms with Crippen molar-refractivity contribution in [3.05, 3.63) is 12.7 Å². The van der Waals surface area contributed by atoms with Crippen molar-refractivity contribution in [1.82, 2.24) is 4.90 Å². The van der Waals surface area contributed by atoms with Gasteiger partial charge < -0.3 is 14.2 Å². The zero-order valence-corrected chi connectivity index (χ0v) is 44.1. The third-order valence-electron chi connectivity index (χ3n) is 12.6. The molecule has 2 atom stereocenters. The third kappa shape index (κ3) is 48.5. The normalized spacial score (nSPS) is 14.5. The minimum atomic E-state index is -0.0228. The molecule has 0 N–H and O–H groups in total. The Kier molecular flexibility index (Phi) is 57.0. The molecule has 0 aliphatic carbocycles. The number of hydrogen-bond acceptors (Lipinski definition) is 7. The lowest BCUT2D eigenvalue weighted by atomic mass is 10.0. The molecule has 1 saturated heterocycles. The van der Waals surface area contributed by atoms with Crippen LogP contribution >= 0.6 is 0 Å². The van der Waals surface area contributed by atoms with Gasteiger partial charge in [-0.3, -0.25) is 19.3 Å². The summed E-state index contributed by atoms with van der Waals surface area (Å²) in [7, 11) is 0. The smallest absolute Gasteiger partial charge is 0.306 e. The molecule has 7 heteroatoms. The maximum absolute atomic E-state index is 12.7. The fourth-order valence-corrected chi connectivity index (χ4v) is 8.63. The fourth-order valence-electron chi connectivity index (χ4n) is 8.63. The van der Waals surface area contributed by atoms with Gasteiger partial charge in [0.2, 0.25) is 0 Å². The van der Waals surface area contributed by atoms with Crippen LogP contribution in [-0.2, 0) is 28.6 Å². The van der Waals surface area contributed by atoms with E-state index in [0.29, 0.717) is 37.8 Å². The van der Waals surface area contributed by atoms with Crippen LogP contribution in [0.2, 0.25) is 0 Å². The van der Waals surface area contributed by atoms with E-state index in [0.717, 1.165) is 103 Å². The van der Waals surface area contributed by atoms with Crippen LogP contribution in [0.15, 0.2) is 12.7 Å². The number of carbonyl (C=O) groups excluding carboxylic acids is 3. The molecule has 0 spiro atoms. The van der Waals surface area contributed by atoms with Crippen LogP contribution in [-0.4, -0.2) is 67.7 Å². The molecule has 1 rings (SSSR count). The lowest BCUT2D eigenvalue weighted by Gasteiger charge is -2.24. The highest BCUT2D eigenvalue weighted by Crippen LogP contribution is 2.24. The zero-order chi connectivity index (χ0) is 47.6. The molecule has 0 saturated carbocycles. The molecule has 1 aliphatic heterocycles. The van der Waals surface area contributed by atoms with E-state index in [1.54, 1.807) is 0 Å². The summed E-state index contributed by atoms with van der Waals surface area (Å²) in [5.74, 6) is 0.877. The fraction of sp³-hybridized carbons (Fsp3) is 0.914. The summed E-state index contributed by atoms with van der Waals surface area (Å²) in [6.07, 6.45) is 44.3. The number of ether oxygens (including phenoxy) is 3. The predicted octanol–water partition coefficient (Wildman–Crippen LogP) is 17.7. The van der Waals surface area contributed by atoms with Crippen molar-refractivity contribution in [3.8, 4) is 0 Å². The Balaban J connectivity index is -0.00000284. The first kappa shape index (κ1) is 67.5. The number of nitrogens with zero attached hydrogens (tertiary/aromatic N) is 1. The molecule has 1 fully saturated rings. The Bertz CT molecular complexity index is 987. The molecule has 1 heterocycles. The molecule has 0 aromatic rings. The van der Waals surface area contributed by atoms with Gasteiger partial charge in [-0.15, -0.1) is 0 Å². The van der Waals surface area contributed by atoms with Gasteiger partial charge in [-0.25, -0.2) is 0 Å². The third-order valence-corrected chi connectivity index (χ3v) is 12.6. The van der Waals surface area contributed by atoms with Crippen molar-refractivity contribution < 1.29 is 28.6 Å². The maximum Gasteiger partial charge on any atom is 0.306 e. The van der Waals surface area contributed by atoms with Gasteiger partial charge in [-0.05, 0) is 89.2 Å². The molecule has 0 amide bonds. The summed E-state index contributed by atoms with van der Waals surface area (Å²) < 4.78 is 17.7. The van der Waals surface area contributed by atoms with Gasteiger partial charge in [0.25, 0.3) is 0 Å². The van der Waals surface area contributed by atoms with Crippen molar-refractivity contribution in [2.75, 3.05) is 32.9 Å². The Hall–Kier alpha value is -1.73. The number of esters is 2. The Morgan fingerprint density at radius 3 is 1.49 bits per heavy atom. The number of ketones is 1. The standard InChI is InChI=1S/C47H91NO5.C8H14O.C2H6.CH4/c1-5-8-11-14-17-18-19-25-32-39-52-46(49)35-29-30-37-48-41-43(4)40-44(48)42-51-38-31-24-20-23-28-36-47(50)53-45(33-26-21-15-12-9-6-2)34-27-22-16-13-10-7-3;1-3-5-6-7-8(9)4-2;1-2;/h43-45H,5-42H2,1-4H3;4H,2-3,5-7H2,1H3;1-2H3;1H4/t43?,44-;;;/m0.../s1. The molecule has 0 bridgehead atoms. The average molecular weight is 923 g/mol. The van der Waals surface area contributed by atoms with Gasteiger partial charge in [0.15, 0.2) is 5.78 Å². The highest BCUT2D eigenvalue weighted by Gasteiger charge is 2.29. The SMILES string of the molecule is C.C=CC(=O)CCCCC.CC.CCCCCCCCCCCOC(=O)CCCCN1CC(C)C[C@H]1COCCCCCCCC(=O)OC(CCCCCCCC)CCCCCCCC. The second-order valence-electron chi connectivity index (χ2n) is 18.9. The topological polar surface area (TPSA) is 82.1 Å². The van der Waals surface area contributed by atoms with E-state index in [-0.39, 0.29) is 31.3 Å². The van der Waals surface area contributed by atoms with E-state index < -0.39 is 0 Å². The van der Waals surface area contributed by atoms with E-state index >= 15 is 0 Å². The molecule has 0 aromatic heterocycles. The number of rotatable bonds is 45. The van der Waals surface area contributed by atoms with Crippen LogP contribution < -0.4 is 0 Å². The molecule has 1 unspecified atom stereocenters. The second-order valence-corrected chi connectivity index (χ2v) is 18.9. The van der Waals surface area contributed by atoms with Crippen molar-refractivity contribution in [2.45, 2.75) is 306 Å². The highest BCUT2D eigenvalue weighted by atomic mass is 16.5. The predicted molar refractivity (Wildman–Crippen MR) is 283 cm³/mol. The van der Waals surface area contributed by atoms with E-state index in [1.807, 2.05) is 13.8 Å². The molecule has 0 aromatic carbocycles. The van der Waals surface area contributed by atoms with Crippen molar-refractivity contribution in [2.24, 2.45) is 5.92 Å². The first-order valence-corrected chi connectivity index (χ1v) is 28.1. The summed E-state index contributed by atoms with van der Waals surface area (Å²) in [5.41, 5.74) is 0. The molecule has 0 radical (unpaired) electrons. The van der Waals surface area contributed by atoms with Crippen LogP contribution in [0.5, 0.6) is 0 Å². The summed E-state index contributed by atoms with van der Waals surface area (Å²) in [4.78, 5) is 38.0. The molecule has 1 aliphatic rings. The van der Waals surface area contributed by atoms with Gasteiger partial charge in [0.05, 0.1) is 13.2 Å². The van der Waals surface area contributed by atoms with Gasteiger partial charge in [-0.2, -0.15) is 0 Å². The van der Waals surface area contributed by atoms with Crippen LogP contribution in [0.3, 0.4) is 0 Å². The quantitative estimate of drug-likeness (QED) is 0.0342. The van der Waals surface area contributed by atoms with Crippen molar-refractivity contribution in [1.29, 1.82) is 0 Å². The molecular weight excluding hydrogens is 807 g/mol. The van der Waals surface area contributed by atoms with Crippen LogP contribution in [0.1, 0.15) is 293 Å².